The fourth-order valence-corrected chi connectivity index (χ4v) is 4.07. The van der Waals surface area contributed by atoms with Crippen molar-refractivity contribution in [2.45, 2.75) is 18.9 Å². The molecule has 6 heteroatoms. The molecule has 0 bridgehead atoms. The Morgan fingerprint density at radius 3 is 2.92 bits per heavy atom. The normalized spacial score (nSPS) is 21.1. The molecule has 2 N–H and O–H groups in total. The minimum Gasteiger partial charge on any atom is -0.510 e. The zero-order valence-corrected chi connectivity index (χ0v) is 14.1. The molecule has 0 radical (unpaired) electrons. The number of thiazole rings is 1. The highest BCUT2D eigenvalue weighted by Crippen LogP contribution is 2.32. The summed E-state index contributed by atoms with van der Waals surface area (Å²) in [4.78, 5) is 6.51. The molecule has 24 heavy (non-hydrogen) atoms. The van der Waals surface area contributed by atoms with Gasteiger partial charge in [-0.15, -0.1) is 11.3 Å². The van der Waals surface area contributed by atoms with Crippen molar-refractivity contribution in [3.05, 3.63) is 46.5 Å². The van der Waals surface area contributed by atoms with Gasteiger partial charge in [0.15, 0.2) is 0 Å². The van der Waals surface area contributed by atoms with E-state index in [0.29, 0.717) is 29.5 Å². The van der Waals surface area contributed by atoms with E-state index in [0.717, 1.165) is 30.7 Å². The molecule has 124 valence electrons. The van der Waals surface area contributed by atoms with Crippen molar-refractivity contribution >= 4 is 22.7 Å². The van der Waals surface area contributed by atoms with Crippen molar-refractivity contribution in [2.24, 2.45) is 0 Å². The van der Waals surface area contributed by atoms with Gasteiger partial charge >= 0.3 is 0 Å². The average molecular weight is 341 g/mol. The number of hydrogen-bond donors (Lipinski definition) is 2. The number of nitrogens with zero attached hydrogens (tertiary/aromatic N) is 2. The molecule has 1 fully saturated rings. The molecule has 0 saturated carbocycles. The Morgan fingerprint density at radius 1 is 1.33 bits per heavy atom. The third-order valence-corrected chi connectivity index (χ3v) is 5.28. The van der Waals surface area contributed by atoms with Crippen LogP contribution in [0.2, 0.25) is 0 Å². The molecule has 2 aromatic rings. The number of amidine groups is 1. The van der Waals surface area contributed by atoms with Crippen LogP contribution in [0.4, 0.5) is 0 Å². The minimum absolute atomic E-state index is 0.161. The summed E-state index contributed by atoms with van der Waals surface area (Å²) in [5.74, 6) is 0.573. The van der Waals surface area contributed by atoms with Crippen molar-refractivity contribution in [1.82, 2.24) is 9.88 Å². The molecular weight excluding hydrogens is 322 g/mol. The number of ether oxygens (including phenoxy) is 1. The first-order valence-electron chi connectivity index (χ1n) is 8.11. The standard InChI is InChI=1S/C18H19N3O2S/c19-17-16(15(22)10-21(17)9-13-7-4-8-23-13)18-20-14(11-24-18)12-5-2-1-3-6-12/h1-3,5-6,11,13,19,22H,4,7-10H2/t13-/m0/s1. The van der Waals surface area contributed by atoms with Crippen molar-refractivity contribution in [2.75, 3.05) is 19.7 Å². The molecule has 0 spiro atoms. The summed E-state index contributed by atoms with van der Waals surface area (Å²) in [7, 11) is 0. The van der Waals surface area contributed by atoms with E-state index in [9.17, 15) is 5.11 Å². The number of benzene rings is 1. The van der Waals surface area contributed by atoms with Crippen LogP contribution in [0.25, 0.3) is 16.8 Å². The van der Waals surface area contributed by atoms with Crippen LogP contribution in [-0.2, 0) is 4.74 Å². The number of aliphatic hydroxyl groups excluding tert-OH is 1. The third kappa shape index (κ3) is 2.83. The van der Waals surface area contributed by atoms with Gasteiger partial charge in [0, 0.05) is 24.1 Å². The Morgan fingerprint density at radius 2 is 2.17 bits per heavy atom. The van der Waals surface area contributed by atoms with Crippen LogP contribution in [0.3, 0.4) is 0 Å². The predicted octanol–water partition coefficient (Wildman–Crippen LogP) is 3.55. The lowest BCUT2D eigenvalue weighted by atomic mass is 10.2. The lowest BCUT2D eigenvalue weighted by Gasteiger charge is -2.21. The van der Waals surface area contributed by atoms with Gasteiger partial charge in [-0.3, -0.25) is 5.41 Å². The molecule has 1 atom stereocenters. The van der Waals surface area contributed by atoms with Crippen LogP contribution in [0.15, 0.2) is 41.5 Å². The summed E-state index contributed by atoms with van der Waals surface area (Å²) >= 11 is 1.47. The van der Waals surface area contributed by atoms with Crippen molar-refractivity contribution in [3.63, 3.8) is 0 Å². The fourth-order valence-electron chi connectivity index (χ4n) is 3.18. The SMILES string of the molecule is N=C1C(c2nc(-c3ccccc3)cs2)=C(O)CN1C[C@@H]1CCCO1. The first-order valence-corrected chi connectivity index (χ1v) is 8.99. The third-order valence-electron chi connectivity index (χ3n) is 4.42. The summed E-state index contributed by atoms with van der Waals surface area (Å²) < 4.78 is 5.65. The monoisotopic (exact) mass is 341 g/mol. The molecule has 5 nitrogen and oxygen atoms in total. The summed E-state index contributed by atoms with van der Waals surface area (Å²) in [6.45, 7) is 1.82. The van der Waals surface area contributed by atoms with Gasteiger partial charge in [0.1, 0.15) is 16.6 Å². The number of nitrogens with one attached hydrogen (secondary N) is 1. The number of aliphatic hydroxyl groups is 1. The molecule has 2 aliphatic rings. The quantitative estimate of drug-likeness (QED) is 0.892. The van der Waals surface area contributed by atoms with E-state index in [1.54, 1.807) is 0 Å². The van der Waals surface area contributed by atoms with Gasteiger partial charge in [0.05, 0.1) is 23.9 Å². The van der Waals surface area contributed by atoms with E-state index in [1.807, 2.05) is 40.6 Å². The minimum atomic E-state index is 0.161. The molecule has 1 saturated heterocycles. The van der Waals surface area contributed by atoms with Gasteiger partial charge < -0.3 is 14.7 Å². The molecule has 0 unspecified atom stereocenters. The first kappa shape index (κ1) is 15.4. The second-order valence-corrected chi connectivity index (χ2v) is 6.95. The van der Waals surface area contributed by atoms with Crippen LogP contribution >= 0.6 is 11.3 Å². The van der Waals surface area contributed by atoms with Gasteiger partial charge in [-0.05, 0) is 12.8 Å². The van der Waals surface area contributed by atoms with Crippen LogP contribution in [-0.4, -0.2) is 46.6 Å². The van der Waals surface area contributed by atoms with Crippen LogP contribution < -0.4 is 0 Å². The molecule has 3 heterocycles. The second kappa shape index (κ2) is 6.37. The van der Waals surface area contributed by atoms with Crippen molar-refractivity contribution < 1.29 is 9.84 Å². The van der Waals surface area contributed by atoms with Crippen molar-refractivity contribution in [3.8, 4) is 11.3 Å². The van der Waals surface area contributed by atoms with E-state index >= 15 is 0 Å². The van der Waals surface area contributed by atoms with Crippen LogP contribution in [0, 0.1) is 5.41 Å². The Hall–Kier alpha value is -2.18. The van der Waals surface area contributed by atoms with Gasteiger partial charge in [0.2, 0.25) is 0 Å². The Balaban J connectivity index is 1.54. The van der Waals surface area contributed by atoms with Crippen molar-refractivity contribution in [1.29, 1.82) is 5.41 Å². The summed E-state index contributed by atoms with van der Waals surface area (Å²) in [6, 6.07) is 9.95. The number of rotatable bonds is 4. The van der Waals surface area contributed by atoms with E-state index in [2.05, 4.69) is 4.98 Å². The maximum absolute atomic E-state index is 10.4. The zero-order valence-electron chi connectivity index (χ0n) is 13.2. The van der Waals surface area contributed by atoms with Gasteiger partial charge in [-0.1, -0.05) is 30.3 Å². The lowest BCUT2D eigenvalue weighted by molar-refractivity contribution is 0.0924. The lowest BCUT2D eigenvalue weighted by Crippen LogP contribution is -2.34. The van der Waals surface area contributed by atoms with E-state index in [4.69, 9.17) is 10.1 Å². The Bertz CT molecular complexity index is 779. The van der Waals surface area contributed by atoms with E-state index in [-0.39, 0.29) is 11.9 Å². The molecule has 2 aliphatic heterocycles. The fraction of sp³-hybridized carbons (Fsp3) is 0.333. The maximum Gasteiger partial charge on any atom is 0.135 e. The first-order chi connectivity index (χ1) is 11.7. The highest BCUT2D eigenvalue weighted by molar-refractivity contribution is 7.11. The van der Waals surface area contributed by atoms with Crippen LogP contribution in [0.1, 0.15) is 17.8 Å². The topological polar surface area (TPSA) is 69.4 Å². The molecule has 0 aliphatic carbocycles. The highest BCUT2D eigenvalue weighted by Gasteiger charge is 2.32. The van der Waals surface area contributed by atoms with Gasteiger partial charge in [0.25, 0.3) is 0 Å². The van der Waals surface area contributed by atoms with E-state index < -0.39 is 0 Å². The molecule has 0 amide bonds. The van der Waals surface area contributed by atoms with E-state index in [1.165, 1.54) is 11.3 Å². The van der Waals surface area contributed by atoms with Gasteiger partial charge in [-0.25, -0.2) is 4.98 Å². The summed E-state index contributed by atoms with van der Waals surface area (Å²) in [6.07, 6.45) is 2.26. The van der Waals surface area contributed by atoms with Crippen LogP contribution in [0.5, 0.6) is 0 Å². The highest BCUT2D eigenvalue weighted by atomic mass is 32.1. The Labute approximate surface area is 144 Å². The summed E-state index contributed by atoms with van der Waals surface area (Å²) in [5, 5.41) is 21.5. The average Bonchev–Trinajstić information content (AvgIpc) is 3.31. The summed E-state index contributed by atoms with van der Waals surface area (Å²) in [5.41, 5.74) is 2.47. The number of hydrogen-bond acceptors (Lipinski definition) is 5. The maximum atomic E-state index is 10.4. The van der Waals surface area contributed by atoms with Gasteiger partial charge in [-0.2, -0.15) is 0 Å². The molecular formula is C18H19N3O2S. The molecule has 1 aromatic carbocycles. The Kier molecular flexibility index (Phi) is 4.08. The predicted molar refractivity (Wildman–Crippen MR) is 95.4 cm³/mol. The largest absolute Gasteiger partial charge is 0.510 e. The molecule has 4 rings (SSSR count). The zero-order chi connectivity index (χ0) is 16.5. The molecule has 1 aromatic heterocycles. The smallest absolute Gasteiger partial charge is 0.135 e. The second-order valence-electron chi connectivity index (χ2n) is 6.09. The number of aromatic nitrogens is 1.